The van der Waals surface area contributed by atoms with Gasteiger partial charge in [0.2, 0.25) is 5.91 Å². The molecule has 2 amide bonds. The molecule has 1 aliphatic rings. The van der Waals surface area contributed by atoms with Gasteiger partial charge in [-0.1, -0.05) is 18.2 Å². The van der Waals surface area contributed by atoms with Crippen molar-refractivity contribution in [2.24, 2.45) is 0 Å². The normalized spacial score (nSPS) is 17.3. The Hall–Kier alpha value is -1.88. The zero-order valence-corrected chi connectivity index (χ0v) is 16.8. The van der Waals surface area contributed by atoms with Crippen LogP contribution in [0.1, 0.15) is 51.4 Å². The molecular formula is C21H33N3O2. The Labute approximate surface area is 158 Å². The summed E-state index contributed by atoms with van der Waals surface area (Å²) in [6.07, 6.45) is 0.888. The van der Waals surface area contributed by atoms with Crippen molar-refractivity contribution in [3.8, 4) is 0 Å². The summed E-state index contributed by atoms with van der Waals surface area (Å²) < 4.78 is 0. The molecule has 26 heavy (non-hydrogen) atoms. The van der Waals surface area contributed by atoms with Gasteiger partial charge in [-0.3, -0.25) is 14.5 Å². The van der Waals surface area contributed by atoms with E-state index < -0.39 is 0 Å². The lowest BCUT2D eigenvalue weighted by molar-refractivity contribution is -0.140. The summed E-state index contributed by atoms with van der Waals surface area (Å²) in [5.74, 6) is 0.259. The summed E-state index contributed by atoms with van der Waals surface area (Å²) >= 11 is 0. The highest BCUT2D eigenvalue weighted by molar-refractivity contribution is 5.94. The summed E-state index contributed by atoms with van der Waals surface area (Å²) in [6.45, 7) is 13.2. The van der Waals surface area contributed by atoms with E-state index in [4.69, 9.17) is 0 Å². The van der Waals surface area contributed by atoms with E-state index in [-0.39, 0.29) is 29.9 Å². The quantitative estimate of drug-likeness (QED) is 0.812. The van der Waals surface area contributed by atoms with Crippen LogP contribution in [0.25, 0.3) is 0 Å². The summed E-state index contributed by atoms with van der Waals surface area (Å²) in [5, 5.41) is 0. The molecule has 0 bridgehead atoms. The molecule has 1 aromatic carbocycles. The van der Waals surface area contributed by atoms with E-state index in [1.807, 2.05) is 47.1 Å². The van der Waals surface area contributed by atoms with E-state index in [2.05, 4.69) is 32.6 Å². The molecule has 1 aliphatic heterocycles. The van der Waals surface area contributed by atoms with E-state index >= 15 is 0 Å². The lowest BCUT2D eigenvalue weighted by Crippen LogP contribution is -2.52. The highest BCUT2D eigenvalue weighted by Gasteiger charge is 2.30. The molecule has 0 saturated carbocycles. The largest absolute Gasteiger partial charge is 0.337 e. The van der Waals surface area contributed by atoms with Crippen molar-refractivity contribution in [1.82, 2.24) is 14.7 Å². The second-order valence-corrected chi connectivity index (χ2v) is 7.66. The van der Waals surface area contributed by atoms with Crippen molar-refractivity contribution in [3.05, 3.63) is 35.9 Å². The van der Waals surface area contributed by atoms with Crippen LogP contribution in [0.3, 0.4) is 0 Å². The average molecular weight is 360 g/mol. The maximum Gasteiger partial charge on any atom is 0.253 e. The molecule has 0 aromatic heterocycles. The van der Waals surface area contributed by atoms with Crippen molar-refractivity contribution >= 4 is 11.8 Å². The van der Waals surface area contributed by atoms with Gasteiger partial charge in [0, 0.05) is 43.8 Å². The first-order chi connectivity index (χ1) is 12.3. The van der Waals surface area contributed by atoms with Gasteiger partial charge in [0.05, 0.1) is 6.04 Å². The second kappa shape index (κ2) is 9.17. The van der Waals surface area contributed by atoms with E-state index in [1.54, 1.807) is 0 Å². The maximum atomic E-state index is 13.0. The summed E-state index contributed by atoms with van der Waals surface area (Å²) in [5.41, 5.74) is 0.732. The first-order valence-electron chi connectivity index (χ1n) is 9.73. The predicted molar refractivity (Wildman–Crippen MR) is 105 cm³/mol. The first-order valence-corrected chi connectivity index (χ1v) is 9.73. The molecule has 144 valence electrons. The third-order valence-electron chi connectivity index (χ3n) is 5.11. The second-order valence-electron chi connectivity index (χ2n) is 7.66. The van der Waals surface area contributed by atoms with Crippen LogP contribution in [0.2, 0.25) is 0 Å². The van der Waals surface area contributed by atoms with Crippen molar-refractivity contribution in [1.29, 1.82) is 0 Å². The minimum atomic E-state index is -0.161. The molecule has 0 radical (unpaired) electrons. The number of benzene rings is 1. The van der Waals surface area contributed by atoms with Crippen LogP contribution in [0.4, 0.5) is 0 Å². The Morgan fingerprint density at radius 3 is 2.08 bits per heavy atom. The minimum absolute atomic E-state index is 0.0809. The van der Waals surface area contributed by atoms with Gasteiger partial charge in [-0.25, -0.2) is 0 Å². The van der Waals surface area contributed by atoms with Crippen molar-refractivity contribution < 1.29 is 9.59 Å². The number of amides is 2. The predicted octanol–water partition coefficient (Wildman–Crippen LogP) is 2.87. The molecule has 0 spiro atoms. The highest BCUT2D eigenvalue weighted by atomic mass is 16.2. The Kier molecular flexibility index (Phi) is 7.21. The van der Waals surface area contributed by atoms with Crippen LogP contribution in [-0.2, 0) is 4.79 Å². The minimum Gasteiger partial charge on any atom is -0.337 e. The average Bonchev–Trinajstić information content (AvgIpc) is 2.86. The standard InChI is InChI=1S/C21H33N3O2/c1-16(2)24(17(3)4)20(25)18(5)22-12-9-13-23(15-14-22)21(26)19-10-7-6-8-11-19/h6-8,10-11,16-18H,9,12-15H2,1-5H3. The fourth-order valence-corrected chi connectivity index (χ4v) is 3.77. The maximum absolute atomic E-state index is 13.0. The Bertz CT molecular complexity index is 593. The lowest BCUT2D eigenvalue weighted by atomic mass is 10.1. The number of rotatable bonds is 5. The molecule has 5 nitrogen and oxygen atoms in total. The van der Waals surface area contributed by atoms with Gasteiger partial charge in [0.25, 0.3) is 5.91 Å². The van der Waals surface area contributed by atoms with E-state index in [0.29, 0.717) is 6.54 Å². The van der Waals surface area contributed by atoms with Gasteiger partial charge in [0.15, 0.2) is 0 Å². The number of carbonyl (C=O) groups excluding carboxylic acids is 2. The molecule has 0 N–H and O–H groups in total. The summed E-state index contributed by atoms with van der Waals surface area (Å²) in [6, 6.07) is 9.65. The van der Waals surface area contributed by atoms with Gasteiger partial charge in [-0.15, -0.1) is 0 Å². The van der Waals surface area contributed by atoms with Gasteiger partial charge in [-0.2, -0.15) is 0 Å². The van der Waals surface area contributed by atoms with Gasteiger partial charge < -0.3 is 9.80 Å². The Morgan fingerprint density at radius 1 is 0.885 bits per heavy atom. The van der Waals surface area contributed by atoms with Crippen LogP contribution in [0.15, 0.2) is 30.3 Å². The highest BCUT2D eigenvalue weighted by Crippen LogP contribution is 2.15. The molecule has 1 atom stereocenters. The summed E-state index contributed by atoms with van der Waals surface area (Å²) in [7, 11) is 0. The molecule has 1 heterocycles. The Balaban J connectivity index is 2.01. The number of hydrogen-bond donors (Lipinski definition) is 0. The monoisotopic (exact) mass is 359 g/mol. The van der Waals surface area contributed by atoms with Crippen LogP contribution >= 0.6 is 0 Å². The molecule has 2 rings (SSSR count). The number of hydrogen-bond acceptors (Lipinski definition) is 3. The van der Waals surface area contributed by atoms with Crippen LogP contribution in [-0.4, -0.2) is 70.8 Å². The van der Waals surface area contributed by atoms with Crippen LogP contribution < -0.4 is 0 Å². The number of nitrogens with zero attached hydrogens (tertiary/aromatic N) is 3. The van der Waals surface area contributed by atoms with Crippen molar-refractivity contribution in [2.75, 3.05) is 26.2 Å². The molecule has 5 heteroatoms. The SMILES string of the molecule is CC(C(=O)N(C(C)C)C(C)C)N1CCCN(C(=O)c2ccccc2)CC1. The Morgan fingerprint density at radius 2 is 1.50 bits per heavy atom. The van der Waals surface area contributed by atoms with Crippen molar-refractivity contribution in [2.45, 2.75) is 59.2 Å². The van der Waals surface area contributed by atoms with E-state index in [9.17, 15) is 9.59 Å². The molecule has 1 unspecified atom stereocenters. The number of carbonyl (C=O) groups is 2. The fraction of sp³-hybridized carbons (Fsp3) is 0.619. The molecule has 1 aromatic rings. The smallest absolute Gasteiger partial charge is 0.253 e. The van der Waals surface area contributed by atoms with E-state index in [1.165, 1.54) is 0 Å². The molecule has 0 aliphatic carbocycles. The van der Waals surface area contributed by atoms with Crippen molar-refractivity contribution in [3.63, 3.8) is 0 Å². The van der Waals surface area contributed by atoms with Gasteiger partial charge in [-0.05, 0) is 53.2 Å². The zero-order valence-electron chi connectivity index (χ0n) is 16.8. The zero-order chi connectivity index (χ0) is 19.3. The molecule has 1 saturated heterocycles. The van der Waals surface area contributed by atoms with Gasteiger partial charge >= 0.3 is 0 Å². The third kappa shape index (κ3) is 4.85. The van der Waals surface area contributed by atoms with E-state index in [0.717, 1.165) is 31.6 Å². The topological polar surface area (TPSA) is 43.9 Å². The van der Waals surface area contributed by atoms with Crippen LogP contribution in [0.5, 0.6) is 0 Å². The molecule has 1 fully saturated rings. The summed E-state index contributed by atoms with van der Waals surface area (Å²) in [4.78, 5) is 31.8. The third-order valence-corrected chi connectivity index (χ3v) is 5.11. The van der Waals surface area contributed by atoms with Crippen LogP contribution in [0, 0.1) is 0 Å². The fourth-order valence-electron chi connectivity index (χ4n) is 3.77. The lowest BCUT2D eigenvalue weighted by Gasteiger charge is -2.36. The first kappa shape index (κ1) is 20.4. The van der Waals surface area contributed by atoms with Gasteiger partial charge in [0.1, 0.15) is 0 Å². The molecular weight excluding hydrogens is 326 g/mol.